The number of nitrogens with one attached hydrogen (secondary N) is 1. The zero-order valence-electron chi connectivity index (χ0n) is 18.4. The number of fused-ring (bicyclic) bond motifs is 2. The molecule has 4 heterocycles. The minimum atomic E-state index is -0.104. The third kappa shape index (κ3) is 3.55. The molecule has 1 aliphatic heterocycles. The van der Waals surface area contributed by atoms with Crippen molar-refractivity contribution in [2.45, 2.75) is 24.8 Å². The zero-order chi connectivity index (χ0) is 23.2. The first kappa shape index (κ1) is 20.9. The van der Waals surface area contributed by atoms with Crippen LogP contribution in [0.1, 0.15) is 16.3 Å². The number of hydrogen-bond donors (Lipinski definition) is 1. The van der Waals surface area contributed by atoms with Gasteiger partial charge in [-0.15, -0.1) is 21.5 Å². The topological polar surface area (TPSA) is 94.9 Å². The van der Waals surface area contributed by atoms with Crippen LogP contribution in [-0.2, 0) is 5.75 Å². The van der Waals surface area contributed by atoms with Crippen molar-refractivity contribution >= 4 is 33.3 Å². The summed E-state index contributed by atoms with van der Waals surface area (Å²) in [5, 5.41) is 10.3. The van der Waals surface area contributed by atoms with Gasteiger partial charge in [0.25, 0.3) is 5.56 Å². The lowest BCUT2D eigenvalue weighted by Gasteiger charge is -2.10. The fraction of sp³-hybridized carbons (Fsp3) is 0.167. The summed E-state index contributed by atoms with van der Waals surface area (Å²) < 4.78 is 13.0. The van der Waals surface area contributed by atoms with E-state index < -0.39 is 0 Å². The number of rotatable bonds is 5. The van der Waals surface area contributed by atoms with Crippen molar-refractivity contribution in [1.29, 1.82) is 0 Å². The van der Waals surface area contributed by atoms with Crippen molar-refractivity contribution in [2.24, 2.45) is 0 Å². The van der Waals surface area contributed by atoms with E-state index in [-0.39, 0.29) is 12.4 Å². The van der Waals surface area contributed by atoms with Gasteiger partial charge in [-0.3, -0.25) is 9.36 Å². The van der Waals surface area contributed by atoms with Crippen molar-refractivity contribution in [1.82, 2.24) is 24.7 Å². The quantitative estimate of drug-likeness (QED) is 0.352. The molecule has 6 rings (SSSR count). The fourth-order valence-electron chi connectivity index (χ4n) is 3.90. The van der Waals surface area contributed by atoms with Gasteiger partial charge in [0.2, 0.25) is 6.79 Å². The third-order valence-electron chi connectivity index (χ3n) is 5.70. The van der Waals surface area contributed by atoms with Crippen LogP contribution in [0.25, 0.3) is 27.3 Å². The number of ether oxygens (including phenoxy) is 2. The Labute approximate surface area is 202 Å². The molecule has 5 aromatic rings. The van der Waals surface area contributed by atoms with Crippen molar-refractivity contribution in [3.63, 3.8) is 0 Å². The normalized spacial score (nSPS) is 12.5. The van der Waals surface area contributed by atoms with Gasteiger partial charge in [0.05, 0.1) is 11.1 Å². The molecule has 3 aromatic heterocycles. The summed E-state index contributed by atoms with van der Waals surface area (Å²) >= 11 is 3.01. The first-order chi connectivity index (χ1) is 16.6. The molecule has 0 aliphatic carbocycles. The predicted molar refractivity (Wildman–Crippen MR) is 132 cm³/mol. The molecule has 1 N–H and O–H groups in total. The van der Waals surface area contributed by atoms with Crippen LogP contribution >= 0.6 is 23.1 Å². The molecule has 0 atom stereocenters. The SMILES string of the molecule is Cc1sc2nc(CSc3nnc(-c4ccc5c(c4)OCO5)n3-c3ccccc3)[nH]c(=O)c2c1C. The van der Waals surface area contributed by atoms with Crippen LogP contribution in [0.4, 0.5) is 0 Å². The smallest absolute Gasteiger partial charge is 0.259 e. The average molecular weight is 490 g/mol. The van der Waals surface area contributed by atoms with E-state index in [2.05, 4.69) is 15.2 Å². The van der Waals surface area contributed by atoms with Gasteiger partial charge in [-0.25, -0.2) is 4.98 Å². The van der Waals surface area contributed by atoms with E-state index in [0.717, 1.165) is 26.5 Å². The number of para-hydroxylation sites is 1. The van der Waals surface area contributed by atoms with Gasteiger partial charge in [-0.05, 0) is 49.7 Å². The Kier molecular flexibility index (Phi) is 5.11. The van der Waals surface area contributed by atoms with Gasteiger partial charge in [0.15, 0.2) is 22.5 Å². The monoisotopic (exact) mass is 489 g/mol. The fourth-order valence-corrected chi connectivity index (χ4v) is 5.77. The molecule has 0 bridgehead atoms. The molecule has 0 spiro atoms. The highest BCUT2D eigenvalue weighted by atomic mass is 32.2. The Hall–Kier alpha value is -3.63. The highest BCUT2D eigenvalue weighted by molar-refractivity contribution is 7.98. The van der Waals surface area contributed by atoms with Gasteiger partial charge >= 0.3 is 0 Å². The van der Waals surface area contributed by atoms with Crippen molar-refractivity contribution in [2.75, 3.05) is 6.79 Å². The summed E-state index contributed by atoms with van der Waals surface area (Å²) in [6.07, 6.45) is 0. The van der Waals surface area contributed by atoms with Crippen LogP contribution in [0.3, 0.4) is 0 Å². The van der Waals surface area contributed by atoms with E-state index in [1.54, 1.807) is 11.3 Å². The van der Waals surface area contributed by atoms with E-state index in [0.29, 0.717) is 39.4 Å². The second-order valence-corrected chi connectivity index (χ2v) is 9.96. The standard InChI is InChI=1S/C24H19N5O3S2/c1-13-14(2)34-23-20(13)22(30)25-19(26-23)11-33-24-28-27-21(29(24)16-6-4-3-5-7-16)15-8-9-17-18(10-15)32-12-31-17/h3-10H,11-12H2,1-2H3,(H,25,26,30). The summed E-state index contributed by atoms with van der Waals surface area (Å²) in [5.41, 5.74) is 2.69. The molecular formula is C24H19N5O3S2. The number of aromatic nitrogens is 5. The van der Waals surface area contributed by atoms with E-state index in [1.165, 1.54) is 11.8 Å². The zero-order valence-corrected chi connectivity index (χ0v) is 20.0. The Bertz CT molecular complexity index is 1590. The second kappa shape index (κ2) is 8.30. The molecule has 0 amide bonds. The van der Waals surface area contributed by atoms with Gasteiger partial charge in [-0.1, -0.05) is 30.0 Å². The van der Waals surface area contributed by atoms with Crippen LogP contribution < -0.4 is 15.0 Å². The van der Waals surface area contributed by atoms with E-state index in [1.807, 2.05) is 66.9 Å². The summed E-state index contributed by atoms with van der Waals surface area (Å²) in [7, 11) is 0. The molecular weight excluding hydrogens is 470 g/mol. The highest BCUT2D eigenvalue weighted by Crippen LogP contribution is 2.37. The molecule has 0 saturated carbocycles. The highest BCUT2D eigenvalue weighted by Gasteiger charge is 2.20. The predicted octanol–water partition coefficient (Wildman–Crippen LogP) is 4.87. The molecule has 0 fully saturated rings. The van der Waals surface area contributed by atoms with Gasteiger partial charge in [-0.2, -0.15) is 0 Å². The second-order valence-electron chi connectivity index (χ2n) is 7.81. The maximum absolute atomic E-state index is 12.7. The Balaban J connectivity index is 1.38. The third-order valence-corrected chi connectivity index (χ3v) is 7.75. The lowest BCUT2D eigenvalue weighted by Crippen LogP contribution is -2.11. The first-order valence-electron chi connectivity index (χ1n) is 10.6. The number of benzene rings is 2. The Morgan fingerprint density at radius 1 is 1.09 bits per heavy atom. The Morgan fingerprint density at radius 2 is 1.91 bits per heavy atom. The van der Waals surface area contributed by atoms with Crippen molar-refractivity contribution < 1.29 is 9.47 Å². The number of aromatic amines is 1. The van der Waals surface area contributed by atoms with Gasteiger partial charge in [0.1, 0.15) is 10.7 Å². The minimum Gasteiger partial charge on any atom is -0.454 e. The van der Waals surface area contributed by atoms with Crippen LogP contribution in [0.5, 0.6) is 11.5 Å². The number of H-pyrrole nitrogens is 1. The lowest BCUT2D eigenvalue weighted by atomic mass is 10.2. The summed E-state index contributed by atoms with van der Waals surface area (Å²) in [5.74, 6) is 3.15. The molecule has 0 unspecified atom stereocenters. The Morgan fingerprint density at radius 3 is 2.76 bits per heavy atom. The van der Waals surface area contributed by atoms with Gasteiger partial charge in [0, 0.05) is 16.1 Å². The average Bonchev–Trinajstić information content (AvgIpc) is 3.55. The minimum absolute atomic E-state index is 0.104. The number of thiophene rings is 1. The first-order valence-corrected chi connectivity index (χ1v) is 12.4. The molecule has 170 valence electrons. The molecule has 8 nitrogen and oxygen atoms in total. The van der Waals surface area contributed by atoms with Crippen LogP contribution in [-0.4, -0.2) is 31.5 Å². The molecule has 2 aromatic carbocycles. The summed E-state index contributed by atoms with van der Waals surface area (Å²) in [6, 6.07) is 15.7. The lowest BCUT2D eigenvalue weighted by molar-refractivity contribution is 0.174. The maximum atomic E-state index is 12.7. The van der Waals surface area contributed by atoms with Crippen LogP contribution in [0.15, 0.2) is 58.5 Å². The molecule has 10 heteroatoms. The van der Waals surface area contributed by atoms with E-state index in [4.69, 9.17) is 14.5 Å². The summed E-state index contributed by atoms with van der Waals surface area (Å²) in [6.45, 7) is 4.18. The van der Waals surface area contributed by atoms with Gasteiger partial charge < -0.3 is 14.5 Å². The number of thioether (sulfide) groups is 1. The molecule has 34 heavy (non-hydrogen) atoms. The van der Waals surface area contributed by atoms with E-state index >= 15 is 0 Å². The van der Waals surface area contributed by atoms with Crippen LogP contribution in [0, 0.1) is 13.8 Å². The molecule has 1 aliphatic rings. The maximum Gasteiger partial charge on any atom is 0.259 e. The number of nitrogens with zero attached hydrogens (tertiary/aromatic N) is 4. The van der Waals surface area contributed by atoms with E-state index in [9.17, 15) is 4.79 Å². The molecule has 0 radical (unpaired) electrons. The molecule has 0 saturated heterocycles. The van der Waals surface area contributed by atoms with Crippen molar-refractivity contribution in [3.8, 4) is 28.6 Å². The number of aryl methyl sites for hydroxylation is 2. The van der Waals surface area contributed by atoms with Crippen LogP contribution in [0.2, 0.25) is 0 Å². The number of hydrogen-bond acceptors (Lipinski definition) is 8. The van der Waals surface area contributed by atoms with Crippen molar-refractivity contribution in [3.05, 3.63) is 75.1 Å². The largest absolute Gasteiger partial charge is 0.454 e. The summed E-state index contributed by atoms with van der Waals surface area (Å²) in [4.78, 5) is 22.2.